The number of fused-ring (bicyclic) bond motifs is 2. The molecule has 2 bridgehead atoms. The first-order chi connectivity index (χ1) is 23.3. The van der Waals surface area contributed by atoms with Gasteiger partial charge < -0.3 is 19.3 Å². The Balaban J connectivity index is 1.34. The van der Waals surface area contributed by atoms with E-state index in [1.54, 1.807) is 0 Å². The number of nitrogens with zero attached hydrogens (tertiary/aromatic N) is 2. The van der Waals surface area contributed by atoms with E-state index in [1.807, 2.05) is 91.0 Å². The number of piperidine rings is 1. The second-order valence-electron chi connectivity index (χ2n) is 12.1. The number of hydrogen-bond donors (Lipinski definition) is 1. The minimum Gasteiger partial charge on any atom is -0.394 e. The molecule has 0 unspecified atom stereocenters. The molecule has 2 aliphatic rings. The van der Waals surface area contributed by atoms with Gasteiger partial charge in [0.1, 0.15) is 24.5 Å². The van der Waals surface area contributed by atoms with Crippen LogP contribution in [0.2, 0.25) is 0 Å². The van der Waals surface area contributed by atoms with Crippen LogP contribution in [0.1, 0.15) is 33.9 Å². The number of aliphatic imine (C=N–C) groups is 1. The van der Waals surface area contributed by atoms with Gasteiger partial charge in [-0.1, -0.05) is 152 Å². The molecule has 1 N–H and O–H groups in total. The molecule has 1 fully saturated rings. The van der Waals surface area contributed by atoms with E-state index in [1.165, 1.54) is 0 Å². The van der Waals surface area contributed by atoms with Gasteiger partial charge in [-0.2, -0.15) is 0 Å². The zero-order valence-corrected chi connectivity index (χ0v) is 26.3. The van der Waals surface area contributed by atoms with Crippen molar-refractivity contribution in [1.29, 1.82) is 0 Å². The second-order valence-corrected chi connectivity index (χ2v) is 12.1. The Labute approximate surface area is 276 Å². The van der Waals surface area contributed by atoms with Crippen LogP contribution in [0.3, 0.4) is 0 Å². The maximum atomic E-state index is 11.1. The molecule has 0 aliphatic carbocycles. The molecule has 2 heterocycles. The zero-order valence-electron chi connectivity index (χ0n) is 26.3. The molecule has 6 atom stereocenters. The second kappa shape index (κ2) is 15.0. The summed E-state index contributed by atoms with van der Waals surface area (Å²) < 4.78 is 20.8. The maximum Gasteiger partial charge on any atom is 0.133 e. The molecule has 0 aromatic heterocycles. The van der Waals surface area contributed by atoms with Crippen LogP contribution in [0.15, 0.2) is 157 Å². The Kier molecular flexibility index (Phi) is 9.94. The van der Waals surface area contributed by atoms with E-state index >= 15 is 0 Å². The van der Waals surface area contributed by atoms with Crippen molar-refractivity contribution in [2.24, 2.45) is 4.99 Å². The molecule has 6 nitrogen and oxygen atoms in total. The van der Waals surface area contributed by atoms with Crippen LogP contribution in [0.4, 0.5) is 0 Å². The van der Waals surface area contributed by atoms with Crippen LogP contribution in [-0.2, 0) is 34.0 Å². The van der Waals surface area contributed by atoms with Crippen molar-refractivity contribution < 1.29 is 19.3 Å². The van der Waals surface area contributed by atoms with E-state index in [2.05, 4.69) is 65.6 Å². The molecule has 47 heavy (non-hydrogen) atoms. The quantitative estimate of drug-likeness (QED) is 0.153. The maximum absolute atomic E-state index is 11.1. The minimum atomic E-state index is -0.491. The molecule has 6 heteroatoms. The number of aliphatic hydroxyl groups excluding tert-OH is 1. The molecule has 1 saturated heterocycles. The Morgan fingerprint density at radius 1 is 0.532 bits per heavy atom. The van der Waals surface area contributed by atoms with Gasteiger partial charge >= 0.3 is 0 Å². The number of ether oxygens (including phenoxy) is 3. The molecule has 238 valence electrons. The molecular weight excluding hydrogens is 584 g/mol. The van der Waals surface area contributed by atoms with E-state index in [4.69, 9.17) is 19.2 Å². The van der Waals surface area contributed by atoms with E-state index in [-0.39, 0.29) is 18.7 Å². The largest absolute Gasteiger partial charge is 0.394 e. The predicted octanol–water partition coefficient (Wildman–Crippen LogP) is 6.99. The van der Waals surface area contributed by atoms with E-state index in [9.17, 15) is 5.11 Å². The minimum absolute atomic E-state index is 0.0824. The fourth-order valence-corrected chi connectivity index (χ4v) is 6.83. The third kappa shape index (κ3) is 6.98. The van der Waals surface area contributed by atoms with Crippen LogP contribution >= 0.6 is 0 Å². The van der Waals surface area contributed by atoms with Crippen molar-refractivity contribution in [1.82, 2.24) is 4.90 Å². The van der Waals surface area contributed by atoms with Gasteiger partial charge in [0.25, 0.3) is 0 Å². The van der Waals surface area contributed by atoms with Crippen LogP contribution < -0.4 is 0 Å². The summed E-state index contributed by atoms with van der Waals surface area (Å²) in [6.45, 7) is 1.11. The number of hydrogen-bond acceptors (Lipinski definition) is 6. The van der Waals surface area contributed by atoms with Gasteiger partial charge in [-0.05, 0) is 27.8 Å². The molecule has 5 aromatic rings. The summed E-state index contributed by atoms with van der Waals surface area (Å²) in [5, 5.41) is 11.1. The lowest BCUT2D eigenvalue weighted by Crippen LogP contribution is -2.66. The summed E-state index contributed by atoms with van der Waals surface area (Å²) in [5.74, 6) is 0. The van der Waals surface area contributed by atoms with Crippen LogP contribution in [0.5, 0.6) is 0 Å². The van der Waals surface area contributed by atoms with Crippen LogP contribution in [0, 0.1) is 0 Å². The summed E-state index contributed by atoms with van der Waals surface area (Å²) in [5.41, 5.74) is 6.17. The van der Waals surface area contributed by atoms with Crippen molar-refractivity contribution in [3.63, 3.8) is 0 Å². The van der Waals surface area contributed by atoms with Crippen LogP contribution in [0.25, 0.3) is 0 Å². The van der Waals surface area contributed by atoms with Gasteiger partial charge in [0.2, 0.25) is 0 Å². The molecule has 2 aliphatic heterocycles. The Morgan fingerprint density at radius 2 is 0.957 bits per heavy atom. The highest BCUT2D eigenvalue weighted by Gasteiger charge is 2.58. The van der Waals surface area contributed by atoms with Gasteiger partial charge in [0.05, 0.1) is 44.2 Å². The Hall–Kier alpha value is -4.43. The topological polar surface area (TPSA) is 63.5 Å². The molecule has 0 spiro atoms. The lowest BCUT2D eigenvalue weighted by atomic mass is 9.86. The van der Waals surface area contributed by atoms with Crippen molar-refractivity contribution in [2.75, 3.05) is 6.61 Å². The fraction of sp³-hybridized carbons (Fsp3) is 0.244. The standard InChI is InChI=1S/C41H40N2O4/c44-26-35(33-22-12-4-13-23-33)43-37-36(34-24-14-5-15-25-34)42-41(43)40(47-29-32-20-10-3-11-21-32)39(46-28-31-18-8-2-9-19-31)38(37)45-27-30-16-6-1-7-17-30/h1-25,35,37-41,44H,26-29H2/t35-,37+,38-,39+,40-,41-/m0/s1. The summed E-state index contributed by atoms with van der Waals surface area (Å²) >= 11 is 0. The SMILES string of the molecule is OC[C@@H](c1ccccc1)N1[C@@H]2N=C(c3ccccc3)[C@@H]1[C@H](OCc1ccccc1)[C@@H](OCc1ccccc1)[C@@H]2OCc1ccccc1. The van der Waals surface area contributed by atoms with Crippen molar-refractivity contribution >= 4 is 5.71 Å². The first kappa shape index (κ1) is 31.2. The monoisotopic (exact) mass is 624 g/mol. The van der Waals surface area contributed by atoms with Gasteiger partial charge in [0, 0.05) is 0 Å². The molecule has 7 rings (SSSR count). The van der Waals surface area contributed by atoms with Crippen molar-refractivity contribution in [3.05, 3.63) is 179 Å². The number of rotatable bonds is 13. The van der Waals surface area contributed by atoms with Crippen LogP contribution in [-0.4, -0.2) is 52.8 Å². The van der Waals surface area contributed by atoms with Gasteiger partial charge in [-0.3, -0.25) is 9.89 Å². The third-order valence-corrected chi connectivity index (χ3v) is 9.07. The first-order valence-corrected chi connectivity index (χ1v) is 16.3. The van der Waals surface area contributed by atoms with E-state index in [0.29, 0.717) is 19.8 Å². The third-order valence-electron chi connectivity index (χ3n) is 9.07. The van der Waals surface area contributed by atoms with Gasteiger partial charge in [-0.15, -0.1) is 0 Å². The highest BCUT2D eigenvalue weighted by molar-refractivity contribution is 6.06. The summed E-state index contributed by atoms with van der Waals surface area (Å²) in [4.78, 5) is 7.76. The molecule has 5 aromatic carbocycles. The zero-order chi connectivity index (χ0) is 31.8. The highest BCUT2D eigenvalue weighted by atomic mass is 16.6. The lowest BCUT2D eigenvalue weighted by molar-refractivity contribution is -0.213. The smallest absolute Gasteiger partial charge is 0.133 e. The van der Waals surface area contributed by atoms with Gasteiger partial charge in [0.15, 0.2) is 0 Å². The molecule has 0 amide bonds. The number of benzene rings is 5. The molecule has 0 radical (unpaired) electrons. The average Bonchev–Trinajstić information content (AvgIpc) is 3.46. The summed E-state index contributed by atoms with van der Waals surface area (Å²) in [6.07, 6.45) is -1.83. The predicted molar refractivity (Wildman–Crippen MR) is 184 cm³/mol. The fourth-order valence-electron chi connectivity index (χ4n) is 6.83. The number of aliphatic hydroxyl groups is 1. The average molecular weight is 625 g/mol. The van der Waals surface area contributed by atoms with Crippen molar-refractivity contribution in [3.8, 4) is 0 Å². The lowest BCUT2D eigenvalue weighted by Gasteiger charge is -2.50. The normalized spacial score (nSPS) is 22.9. The Bertz CT molecular complexity index is 1700. The molecule has 0 saturated carbocycles. The van der Waals surface area contributed by atoms with Crippen molar-refractivity contribution in [2.45, 2.75) is 56.4 Å². The Morgan fingerprint density at radius 3 is 1.45 bits per heavy atom. The summed E-state index contributed by atoms with van der Waals surface area (Å²) in [7, 11) is 0. The van der Waals surface area contributed by atoms with Gasteiger partial charge in [-0.25, -0.2) is 0 Å². The summed E-state index contributed by atoms with van der Waals surface area (Å²) in [6, 6.07) is 50.5. The highest BCUT2D eigenvalue weighted by Crippen LogP contribution is 2.43. The molecular formula is C41H40N2O4. The van der Waals surface area contributed by atoms with E-state index < -0.39 is 24.5 Å². The van der Waals surface area contributed by atoms with E-state index in [0.717, 1.165) is 33.5 Å². The first-order valence-electron chi connectivity index (χ1n) is 16.3.